The summed E-state index contributed by atoms with van der Waals surface area (Å²) in [6.07, 6.45) is 1.87. The number of pyridine rings is 1. The second-order valence-corrected chi connectivity index (χ2v) is 6.17. The third-order valence-corrected chi connectivity index (χ3v) is 4.55. The fourth-order valence-electron chi connectivity index (χ4n) is 3.48. The van der Waals surface area contributed by atoms with E-state index in [4.69, 9.17) is 4.42 Å². The van der Waals surface area contributed by atoms with Crippen LogP contribution in [0.25, 0.3) is 44.0 Å². The quantitative estimate of drug-likeness (QED) is 0.373. The first-order valence-corrected chi connectivity index (χ1v) is 8.07. The first kappa shape index (κ1) is 13.3. The Bertz CT molecular complexity index is 1210. The minimum absolute atomic E-state index is 0.908. The maximum Gasteiger partial charge on any atom is 0.144 e. The van der Waals surface area contributed by atoms with Crippen LogP contribution in [0.4, 0.5) is 0 Å². The lowest BCUT2D eigenvalue weighted by Crippen LogP contribution is -1.87. The van der Waals surface area contributed by atoms with Crippen molar-refractivity contribution in [1.29, 1.82) is 0 Å². The van der Waals surface area contributed by atoms with Gasteiger partial charge < -0.3 is 4.42 Å². The third-order valence-electron chi connectivity index (χ3n) is 4.55. The van der Waals surface area contributed by atoms with Crippen molar-refractivity contribution in [3.05, 3.63) is 78.5 Å². The van der Waals surface area contributed by atoms with Gasteiger partial charge in [-0.3, -0.25) is 4.98 Å². The van der Waals surface area contributed by atoms with Crippen molar-refractivity contribution in [2.45, 2.75) is 6.92 Å². The second-order valence-electron chi connectivity index (χ2n) is 6.17. The van der Waals surface area contributed by atoms with Crippen molar-refractivity contribution in [3.63, 3.8) is 0 Å². The molecule has 2 heterocycles. The topological polar surface area (TPSA) is 26.0 Å². The Hall–Kier alpha value is -3.13. The first-order valence-electron chi connectivity index (χ1n) is 8.07. The molecule has 0 fully saturated rings. The maximum absolute atomic E-state index is 6.20. The maximum atomic E-state index is 6.20. The monoisotopic (exact) mass is 309 g/mol. The van der Waals surface area contributed by atoms with Gasteiger partial charge in [0.1, 0.15) is 11.2 Å². The standard InChI is InChI=1S/C22H15NO/c1-14-12-18-17-8-4-5-9-20(17)24-22(18)19(13-14)21-16-7-3-2-6-15(16)10-11-23-21/h2-13H,1H3. The number of fused-ring (bicyclic) bond motifs is 4. The van der Waals surface area contributed by atoms with Gasteiger partial charge in [0.05, 0.1) is 5.69 Å². The molecule has 2 aromatic heterocycles. The van der Waals surface area contributed by atoms with Crippen molar-refractivity contribution in [3.8, 4) is 11.3 Å². The van der Waals surface area contributed by atoms with Crippen molar-refractivity contribution in [1.82, 2.24) is 4.98 Å². The van der Waals surface area contributed by atoms with E-state index in [1.807, 2.05) is 24.4 Å². The highest BCUT2D eigenvalue weighted by Crippen LogP contribution is 2.38. The zero-order valence-electron chi connectivity index (χ0n) is 13.3. The number of hydrogen-bond donors (Lipinski definition) is 0. The number of hydrogen-bond acceptors (Lipinski definition) is 2. The summed E-state index contributed by atoms with van der Waals surface area (Å²) in [7, 11) is 0. The van der Waals surface area contributed by atoms with E-state index in [1.165, 1.54) is 10.9 Å². The molecule has 0 saturated heterocycles. The van der Waals surface area contributed by atoms with Gasteiger partial charge in [-0.15, -0.1) is 0 Å². The Labute approximate surface area is 139 Å². The molecule has 0 saturated carbocycles. The SMILES string of the molecule is Cc1cc(-c2nccc3ccccc23)c2oc3ccccc3c2c1. The first-order chi connectivity index (χ1) is 11.8. The number of aromatic nitrogens is 1. The van der Waals surface area contributed by atoms with Crippen LogP contribution in [0, 0.1) is 6.92 Å². The van der Waals surface area contributed by atoms with Crippen LogP contribution < -0.4 is 0 Å². The van der Waals surface area contributed by atoms with Crippen molar-refractivity contribution < 1.29 is 4.42 Å². The van der Waals surface area contributed by atoms with Crippen LogP contribution in [-0.2, 0) is 0 Å². The van der Waals surface area contributed by atoms with E-state index in [1.54, 1.807) is 0 Å². The van der Waals surface area contributed by atoms with Crippen LogP contribution in [-0.4, -0.2) is 4.98 Å². The molecule has 2 heteroatoms. The Morgan fingerprint density at radius 1 is 0.792 bits per heavy atom. The molecular weight excluding hydrogens is 294 g/mol. The van der Waals surface area contributed by atoms with Gasteiger partial charge in [-0.1, -0.05) is 42.5 Å². The summed E-state index contributed by atoms with van der Waals surface area (Å²) in [4.78, 5) is 4.68. The Morgan fingerprint density at radius 3 is 2.50 bits per heavy atom. The van der Waals surface area contributed by atoms with Gasteiger partial charge in [-0.05, 0) is 42.1 Å². The molecule has 114 valence electrons. The van der Waals surface area contributed by atoms with E-state index >= 15 is 0 Å². The second kappa shape index (κ2) is 4.93. The van der Waals surface area contributed by atoms with Crippen molar-refractivity contribution >= 4 is 32.7 Å². The number of benzene rings is 3. The molecule has 0 atom stereocenters. The van der Waals surface area contributed by atoms with Gasteiger partial charge in [0.15, 0.2) is 0 Å². The van der Waals surface area contributed by atoms with Gasteiger partial charge >= 0.3 is 0 Å². The Kier molecular flexibility index (Phi) is 2.74. The van der Waals surface area contributed by atoms with Gasteiger partial charge in [0.25, 0.3) is 0 Å². The number of nitrogens with zero attached hydrogens (tertiary/aromatic N) is 1. The van der Waals surface area contributed by atoms with Crippen LogP contribution in [0.2, 0.25) is 0 Å². The minimum Gasteiger partial charge on any atom is -0.455 e. The summed E-state index contributed by atoms with van der Waals surface area (Å²) < 4.78 is 6.20. The number of aryl methyl sites for hydroxylation is 1. The fourth-order valence-corrected chi connectivity index (χ4v) is 3.48. The highest BCUT2D eigenvalue weighted by molar-refractivity contribution is 6.11. The average Bonchev–Trinajstić information content (AvgIpc) is 2.99. The molecule has 0 N–H and O–H groups in total. The molecule has 2 nitrogen and oxygen atoms in total. The lowest BCUT2D eigenvalue weighted by atomic mass is 9.99. The molecule has 0 aliphatic carbocycles. The molecule has 0 bridgehead atoms. The molecule has 5 rings (SSSR count). The van der Waals surface area contributed by atoms with E-state index in [0.717, 1.165) is 38.6 Å². The van der Waals surface area contributed by atoms with E-state index in [-0.39, 0.29) is 0 Å². The Balaban J connectivity index is 1.95. The van der Waals surface area contributed by atoms with Gasteiger partial charge in [-0.25, -0.2) is 0 Å². The molecule has 0 aliphatic heterocycles. The summed E-state index contributed by atoms with van der Waals surface area (Å²) in [6, 6.07) is 22.9. The number of para-hydroxylation sites is 1. The smallest absolute Gasteiger partial charge is 0.144 e. The van der Waals surface area contributed by atoms with E-state index < -0.39 is 0 Å². The number of rotatable bonds is 1. The molecule has 0 unspecified atom stereocenters. The lowest BCUT2D eigenvalue weighted by Gasteiger charge is -2.07. The Morgan fingerprint density at radius 2 is 1.58 bits per heavy atom. The molecule has 5 aromatic rings. The van der Waals surface area contributed by atoms with Crippen LogP contribution in [0.5, 0.6) is 0 Å². The van der Waals surface area contributed by atoms with Gasteiger partial charge in [0.2, 0.25) is 0 Å². The molecule has 24 heavy (non-hydrogen) atoms. The van der Waals surface area contributed by atoms with Crippen molar-refractivity contribution in [2.24, 2.45) is 0 Å². The van der Waals surface area contributed by atoms with E-state index in [9.17, 15) is 0 Å². The molecule has 0 amide bonds. The third kappa shape index (κ3) is 1.86. The zero-order chi connectivity index (χ0) is 16.1. The van der Waals surface area contributed by atoms with E-state index in [0.29, 0.717) is 0 Å². The fraction of sp³-hybridized carbons (Fsp3) is 0.0455. The predicted molar refractivity (Wildman–Crippen MR) is 99.2 cm³/mol. The average molecular weight is 309 g/mol. The van der Waals surface area contributed by atoms with Gasteiger partial charge in [0, 0.05) is 27.9 Å². The number of furan rings is 1. The van der Waals surface area contributed by atoms with Crippen LogP contribution in [0.3, 0.4) is 0 Å². The van der Waals surface area contributed by atoms with E-state index in [2.05, 4.69) is 60.4 Å². The minimum atomic E-state index is 0.908. The highest BCUT2D eigenvalue weighted by atomic mass is 16.3. The summed E-state index contributed by atoms with van der Waals surface area (Å²) >= 11 is 0. The van der Waals surface area contributed by atoms with Gasteiger partial charge in [-0.2, -0.15) is 0 Å². The largest absolute Gasteiger partial charge is 0.455 e. The molecule has 0 aliphatic rings. The molecule has 0 radical (unpaired) electrons. The highest BCUT2D eigenvalue weighted by Gasteiger charge is 2.15. The molecule has 0 spiro atoms. The predicted octanol–water partition coefficient (Wildman–Crippen LogP) is 6.11. The zero-order valence-corrected chi connectivity index (χ0v) is 13.3. The summed E-state index contributed by atoms with van der Waals surface area (Å²) in [5.74, 6) is 0. The lowest BCUT2D eigenvalue weighted by molar-refractivity contribution is 0.670. The summed E-state index contributed by atoms with van der Waals surface area (Å²) in [6.45, 7) is 2.12. The van der Waals surface area contributed by atoms with Crippen LogP contribution >= 0.6 is 0 Å². The summed E-state index contributed by atoms with van der Waals surface area (Å²) in [5.41, 5.74) is 5.06. The molecular formula is C22H15NO. The van der Waals surface area contributed by atoms with Crippen molar-refractivity contribution in [2.75, 3.05) is 0 Å². The van der Waals surface area contributed by atoms with Crippen LogP contribution in [0.15, 0.2) is 77.3 Å². The molecule has 3 aromatic carbocycles. The summed E-state index contributed by atoms with van der Waals surface area (Å²) in [5, 5.41) is 4.63. The normalized spacial score (nSPS) is 11.5. The van der Waals surface area contributed by atoms with Crippen LogP contribution in [0.1, 0.15) is 5.56 Å².